The molecular formula is C27H37N3O3. The van der Waals surface area contributed by atoms with Crippen molar-refractivity contribution in [2.24, 2.45) is 11.7 Å². The van der Waals surface area contributed by atoms with Crippen LogP contribution in [-0.4, -0.2) is 42.8 Å². The van der Waals surface area contributed by atoms with Crippen molar-refractivity contribution in [2.75, 3.05) is 19.6 Å². The average Bonchev–Trinajstić information content (AvgIpc) is 3.03. The number of aldehydes is 1. The van der Waals surface area contributed by atoms with Gasteiger partial charge in [-0.3, -0.25) is 4.79 Å². The average molecular weight is 452 g/mol. The molecule has 1 saturated heterocycles. The quantitative estimate of drug-likeness (QED) is 0.413. The molecule has 1 aromatic carbocycles. The molecule has 0 aromatic heterocycles. The molecule has 1 aromatic rings. The molecule has 0 spiro atoms. The van der Waals surface area contributed by atoms with E-state index in [4.69, 9.17) is 10.5 Å². The number of carbonyl (C=O) groups excluding carboxylic acids is 2. The Bertz CT molecular complexity index is 896. The number of nitrogens with two attached hydrogens (primary N) is 1. The van der Waals surface area contributed by atoms with Crippen LogP contribution in [0.15, 0.2) is 65.1 Å². The van der Waals surface area contributed by atoms with Crippen LogP contribution in [0.4, 0.5) is 0 Å². The summed E-state index contributed by atoms with van der Waals surface area (Å²) in [5.74, 6) is 1.90. The van der Waals surface area contributed by atoms with Crippen molar-refractivity contribution in [3.8, 4) is 5.75 Å². The maximum atomic E-state index is 13.4. The Balaban J connectivity index is 1.96. The maximum Gasteiger partial charge on any atom is 0.250 e. The summed E-state index contributed by atoms with van der Waals surface area (Å²) in [6.07, 6.45) is 10.2. The minimum atomic E-state index is -0.838. The highest BCUT2D eigenvalue weighted by Crippen LogP contribution is 2.29. The van der Waals surface area contributed by atoms with Gasteiger partial charge >= 0.3 is 0 Å². The first-order valence-electron chi connectivity index (χ1n) is 12.2. The number of benzene rings is 1. The zero-order valence-corrected chi connectivity index (χ0v) is 19.9. The van der Waals surface area contributed by atoms with Crippen molar-refractivity contribution in [3.63, 3.8) is 0 Å². The maximum absolute atomic E-state index is 13.4. The number of unbranched alkanes of at least 4 members (excludes halogenated alkanes) is 1. The van der Waals surface area contributed by atoms with E-state index in [2.05, 4.69) is 19.2 Å². The topological polar surface area (TPSA) is 84.7 Å². The largest absolute Gasteiger partial charge is 0.455 e. The summed E-state index contributed by atoms with van der Waals surface area (Å²) in [4.78, 5) is 27.0. The lowest BCUT2D eigenvalue weighted by Gasteiger charge is -2.32. The molecule has 33 heavy (non-hydrogen) atoms. The third-order valence-electron chi connectivity index (χ3n) is 6.44. The summed E-state index contributed by atoms with van der Waals surface area (Å²) >= 11 is 0. The molecule has 1 fully saturated rings. The third kappa shape index (κ3) is 6.57. The van der Waals surface area contributed by atoms with Crippen LogP contribution in [-0.2, 0) is 9.59 Å². The minimum Gasteiger partial charge on any atom is -0.455 e. The first-order chi connectivity index (χ1) is 16.1. The molecule has 3 N–H and O–H groups in total. The lowest BCUT2D eigenvalue weighted by molar-refractivity contribution is -0.128. The number of nitrogens with one attached hydrogen (secondary N) is 1. The molecular weight excluding hydrogens is 414 g/mol. The van der Waals surface area contributed by atoms with E-state index in [9.17, 15) is 9.59 Å². The molecule has 2 aliphatic rings. The normalized spacial score (nSPS) is 18.2. The van der Waals surface area contributed by atoms with Gasteiger partial charge in [-0.25, -0.2) is 0 Å². The van der Waals surface area contributed by atoms with Crippen molar-refractivity contribution in [1.29, 1.82) is 0 Å². The van der Waals surface area contributed by atoms with Crippen LogP contribution in [0.3, 0.4) is 0 Å². The molecule has 1 amide bonds. The second-order valence-corrected chi connectivity index (χ2v) is 8.78. The molecule has 6 heteroatoms. The molecule has 178 valence electrons. The van der Waals surface area contributed by atoms with E-state index < -0.39 is 6.04 Å². The number of hydrogen-bond acceptors (Lipinski definition) is 5. The summed E-state index contributed by atoms with van der Waals surface area (Å²) in [7, 11) is 0. The number of piperidine rings is 1. The smallest absolute Gasteiger partial charge is 0.250 e. The van der Waals surface area contributed by atoms with Gasteiger partial charge < -0.3 is 25.5 Å². The number of nitrogens with zero attached hydrogens (tertiary/aromatic N) is 1. The Labute approximate surface area is 197 Å². The van der Waals surface area contributed by atoms with E-state index >= 15 is 0 Å². The van der Waals surface area contributed by atoms with E-state index in [0.717, 1.165) is 51.7 Å². The van der Waals surface area contributed by atoms with Gasteiger partial charge in [0.25, 0.3) is 0 Å². The first-order valence-corrected chi connectivity index (χ1v) is 12.2. The van der Waals surface area contributed by atoms with Gasteiger partial charge in [-0.2, -0.15) is 0 Å². The van der Waals surface area contributed by atoms with E-state index in [1.807, 2.05) is 47.4 Å². The van der Waals surface area contributed by atoms with Gasteiger partial charge in [0.15, 0.2) is 5.76 Å². The van der Waals surface area contributed by atoms with Gasteiger partial charge in [-0.05, 0) is 49.8 Å². The number of ether oxygens (including phenoxy) is 1. The van der Waals surface area contributed by atoms with Crippen LogP contribution >= 0.6 is 0 Å². The molecule has 1 atom stereocenters. The number of hydrogen-bond donors (Lipinski definition) is 2. The minimum absolute atomic E-state index is 0.0515. The predicted molar refractivity (Wildman–Crippen MR) is 131 cm³/mol. The number of allylic oxidation sites excluding steroid dienone is 2. The summed E-state index contributed by atoms with van der Waals surface area (Å²) in [5, 5.41) is 3.44. The summed E-state index contributed by atoms with van der Waals surface area (Å²) in [6.45, 7) is 6.65. The van der Waals surface area contributed by atoms with Gasteiger partial charge in [0, 0.05) is 30.8 Å². The lowest BCUT2D eigenvalue weighted by atomic mass is 9.94. The van der Waals surface area contributed by atoms with E-state index in [-0.39, 0.29) is 5.91 Å². The summed E-state index contributed by atoms with van der Waals surface area (Å²) in [5.41, 5.74) is 8.15. The third-order valence-corrected chi connectivity index (χ3v) is 6.44. The van der Waals surface area contributed by atoms with Crippen LogP contribution in [0.1, 0.15) is 52.4 Å². The van der Waals surface area contributed by atoms with Crippen molar-refractivity contribution in [3.05, 3.63) is 65.1 Å². The number of rotatable bonds is 10. The van der Waals surface area contributed by atoms with Gasteiger partial charge in [-0.1, -0.05) is 51.0 Å². The Morgan fingerprint density at radius 2 is 1.97 bits per heavy atom. The van der Waals surface area contributed by atoms with Gasteiger partial charge in [0.05, 0.1) is 11.7 Å². The monoisotopic (exact) mass is 451 g/mol. The fraction of sp³-hybridized carbons (Fsp3) is 0.481. The number of carbonyl (C=O) groups is 2. The van der Waals surface area contributed by atoms with Crippen LogP contribution in [0.25, 0.3) is 0 Å². The highest BCUT2D eigenvalue weighted by molar-refractivity contribution is 5.94. The summed E-state index contributed by atoms with van der Waals surface area (Å²) < 4.78 is 6.26. The first kappa shape index (κ1) is 24.8. The van der Waals surface area contributed by atoms with Crippen molar-refractivity contribution in [1.82, 2.24) is 10.2 Å². The Morgan fingerprint density at radius 1 is 1.24 bits per heavy atom. The number of para-hydroxylation sites is 1. The molecule has 0 saturated carbocycles. The molecule has 0 bridgehead atoms. The second kappa shape index (κ2) is 12.4. The van der Waals surface area contributed by atoms with Gasteiger partial charge in [0.2, 0.25) is 5.91 Å². The highest BCUT2D eigenvalue weighted by atomic mass is 16.5. The van der Waals surface area contributed by atoms with E-state index in [0.29, 0.717) is 47.0 Å². The molecule has 1 aliphatic heterocycles. The fourth-order valence-electron chi connectivity index (χ4n) is 4.28. The predicted octanol–water partition coefficient (Wildman–Crippen LogP) is 4.10. The van der Waals surface area contributed by atoms with Gasteiger partial charge in [0.1, 0.15) is 12.0 Å². The van der Waals surface area contributed by atoms with Crippen molar-refractivity contribution in [2.45, 2.75) is 58.4 Å². The second-order valence-electron chi connectivity index (χ2n) is 8.78. The Hall–Kier alpha value is -2.86. The number of likely N-dealkylation sites (tertiary alicyclic amines) is 1. The molecule has 0 unspecified atom stereocenters. The highest BCUT2D eigenvalue weighted by Gasteiger charge is 2.27. The van der Waals surface area contributed by atoms with E-state index in [1.54, 1.807) is 0 Å². The zero-order chi connectivity index (χ0) is 23.6. The Morgan fingerprint density at radius 3 is 2.61 bits per heavy atom. The van der Waals surface area contributed by atoms with Crippen LogP contribution in [0.2, 0.25) is 0 Å². The van der Waals surface area contributed by atoms with Crippen LogP contribution < -0.4 is 15.8 Å². The fourth-order valence-corrected chi connectivity index (χ4v) is 4.28. The van der Waals surface area contributed by atoms with Crippen molar-refractivity contribution < 1.29 is 14.3 Å². The molecule has 6 nitrogen and oxygen atoms in total. The van der Waals surface area contributed by atoms with Crippen molar-refractivity contribution >= 4 is 12.2 Å². The number of amides is 1. The van der Waals surface area contributed by atoms with Gasteiger partial charge in [-0.15, -0.1) is 0 Å². The molecule has 3 rings (SSSR count). The zero-order valence-electron chi connectivity index (χ0n) is 19.9. The standard InChI is InChI=1S/C27H37N3O3/c1-3-5-15-29-25-18-21(27(32)30-16-13-20(4-2)14-17-30)11-12-23(24(28)19-31)26(25)33-22-9-7-6-8-10-22/h6-10,12,18-20,24,29H,3-5,11,13-17,28H2,1-2H3/t24-/m0/s1. The van der Waals surface area contributed by atoms with Crippen LogP contribution in [0, 0.1) is 5.92 Å². The Kier molecular flexibility index (Phi) is 9.31. The lowest BCUT2D eigenvalue weighted by Crippen LogP contribution is -2.39. The van der Waals surface area contributed by atoms with Crippen LogP contribution in [0.5, 0.6) is 5.75 Å². The SMILES string of the molecule is CCCCNC1=C(Oc2ccccc2)C([C@@H](N)C=O)=CCC(C(=O)N2CCC(CC)CC2)=C1. The molecule has 1 heterocycles. The molecule has 1 aliphatic carbocycles. The van der Waals surface area contributed by atoms with E-state index in [1.165, 1.54) is 0 Å². The summed E-state index contributed by atoms with van der Waals surface area (Å²) in [6, 6.07) is 8.59. The molecule has 0 radical (unpaired) electrons.